The molecule has 0 aromatic heterocycles. The molecule has 0 amide bonds. The van der Waals surface area contributed by atoms with Gasteiger partial charge in [0.15, 0.2) is 0 Å². The molecule has 0 heterocycles. The van der Waals surface area contributed by atoms with Crippen molar-refractivity contribution in [2.24, 2.45) is 5.92 Å². The molecule has 1 aromatic rings. The van der Waals surface area contributed by atoms with Gasteiger partial charge in [0, 0.05) is 5.88 Å². The van der Waals surface area contributed by atoms with Gasteiger partial charge in [0.2, 0.25) is 0 Å². The Morgan fingerprint density at radius 2 is 1.86 bits per heavy atom. The Balaban J connectivity index is 2.56. The highest BCUT2D eigenvalue weighted by atomic mass is 35.5. The third kappa shape index (κ3) is 3.32. The van der Waals surface area contributed by atoms with E-state index in [0.717, 1.165) is 6.42 Å². The Kier molecular flexibility index (Phi) is 4.43. The molecule has 2 heteroatoms. The summed E-state index contributed by atoms with van der Waals surface area (Å²) in [5.41, 5.74) is 2.52. The lowest BCUT2D eigenvalue weighted by atomic mass is 9.96. The lowest BCUT2D eigenvalue weighted by Gasteiger charge is -2.16. The van der Waals surface area contributed by atoms with Gasteiger partial charge in [-0.2, -0.15) is 0 Å². The quantitative estimate of drug-likeness (QED) is 0.762. The summed E-state index contributed by atoms with van der Waals surface area (Å²) in [6.45, 7) is 4.09. The maximum Gasteiger partial charge on any atom is 0.0704 e. The Morgan fingerprint density at radius 3 is 2.36 bits per heavy atom. The number of alkyl halides is 1. The Hall–Kier alpha value is -0.530. The number of hydrogen-bond donors (Lipinski definition) is 1. The first-order chi connectivity index (χ1) is 6.63. The molecule has 0 fully saturated rings. The summed E-state index contributed by atoms with van der Waals surface area (Å²) in [5, 5.41) is 9.51. The van der Waals surface area contributed by atoms with Crippen LogP contribution in [0.1, 0.15) is 18.1 Å². The second-order valence-electron chi connectivity index (χ2n) is 3.89. The van der Waals surface area contributed by atoms with E-state index >= 15 is 0 Å². The molecule has 0 aliphatic rings. The van der Waals surface area contributed by atoms with Crippen LogP contribution in [0.15, 0.2) is 24.3 Å². The van der Waals surface area contributed by atoms with Crippen LogP contribution >= 0.6 is 11.6 Å². The van der Waals surface area contributed by atoms with Gasteiger partial charge in [-0.3, -0.25) is 0 Å². The van der Waals surface area contributed by atoms with Crippen LogP contribution in [0.5, 0.6) is 0 Å². The molecule has 1 N–H and O–H groups in total. The summed E-state index contributed by atoms with van der Waals surface area (Å²) in [7, 11) is 0. The largest absolute Gasteiger partial charge is 0.392 e. The van der Waals surface area contributed by atoms with Gasteiger partial charge in [0.1, 0.15) is 0 Å². The summed E-state index contributed by atoms with van der Waals surface area (Å²) in [5.74, 6) is 0.530. The van der Waals surface area contributed by atoms with E-state index in [1.54, 1.807) is 0 Å². The van der Waals surface area contributed by atoms with Crippen LogP contribution in [0, 0.1) is 12.8 Å². The molecule has 0 spiro atoms. The molecule has 1 rings (SSSR count). The second-order valence-corrected chi connectivity index (χ2v) is 4.20. The first-order valence-electron chi connectivity index (χ1n) is 4.93. The Bertz CT molecular complexity index is 268. The van der Waals surface area contributed by atoms with Gasteiger partial charge >= 0.3 is 0 Å². The highest BCUT2D eigenvalue weighted by Crippen LogP contribution is 2.13. The number of halogens is 1. The lowest BCUT2D eigenvalue weighted by Crippen LogP contribution is -2.21. The zero-order valence-electron chi connectivity index (χ0n) is 8.70. The molecule has 0 bridgehead atoms. The van der Waals surface area contributed by atoms with Crippen molar-refractivity contribution in [2.75, 3.05) is 5.88 Å². The van der Waals surface area contributed by atoms with Crippen LogP contribution in [0.4, 0.5) is 0 Å². The molecule has 1 unspecified atom stereocenters. The molecule has 0 aliphatic carbocycles. The monoisotopic (exact) mass is 212 g/mol. The van der Waals surface area contributed by atoms with Crippen molar-refractivity contribution in [3.8, 4) is 0 Å². The van der Waals surface area contributed by atoms with Gasteiger partial charge in [-0.1, -0.05) is 36.8 Å². The summed E-state index contributed by atoms with van der Waals surface area (Å²) in [6.07, 6.45) is 0.478. The van der Waals surface area contributed by atoms with E-state index < -0.39 is 6.10 Å². The van der Waals surface area contributed by atoms with Gasteiger partial charge in [-0.05, 0) is 24.8 Å². The number of aliphatic hydroxyl groups excluding tert-OH is 1. The average molecular weight is 213 g/mol. The molecule has 14 heavy (non-hydrogen) atoms. The molecule has 0 aliphatic heterocycles. The molecule has 0 radical (unpaired) electrons. The van der Waals surface area contributed by atoms with E-state index in [4.69, 9.17) is 11.6 Å². The standard InChI is InChI=1S/C12H17ClO/c1-9-3-5-11(6-4-9)7-10(2)12(14)8-13/h3-6,10,12,14H,7-8H2,1-2H3/t10?,12-/m1/s1. The van der Waals surface area contributed by atoms with Crippen LogP contribution < -0.4 is 0 Å². The summed E-state index contributed by atoms with van der Waals surface area (Å²) in [4.78, 5) is 0. The summed E-state index contributed by atoms with van der Waals surface area (Å²) < 4.78 is 0. The van der Waals surface area contributed by atoms with Crippen LogP contribution in [-0.4, -0.2) is 17.1 Å². The fourth-order valence-electron chi connectivity index (χ4n) is 1.38. The second kappa shape index (κ2) is 5.38. The number of hydrogen-bond acceptors (Lipinski definition) is 1. The molecule has 1 nitrogen and oxygen atoms in total. The topological polar surface area (TPSA) is 20.2 Å². The molecular formula is C12H17ClO. The molecular weight excluding hydrogens is 196 g/mol. The molecule has 0 saturated heterocycles. The molecule has 2 atom stereocenters. The highest BCUT2D eigenvalue weighted by Gasteiger charge is 2.12. The molecule has 0 saturated carbocycles. The van der Waals surface area contributed by atoms with E-state index in [1.165, 1.54) is 11.1 Å². The summed E-state index contributed by atoms with van der Waals surface area (Å²) >= 11 is 5.59. The fourth-order valence-corrected chi connectivity index (χ4v) is 1.69. The van der Waals surface area contributed by atoms with Gasteiger partial charge < -0.3 is 5.11 Å². The average Bonchev–Trinajstić information content (AvgIpc) is 2.20. The lowest BCUT2D eigenvalue weighted by molar-refractivity contribution is 0.138. The SMILES string of the molecule is Cc1ccc(CC(C)[C@H](O)CCl)cc1. The van der Waals surface area contributed by atoms with E-state index in [9.17, 15) is 5.11 Å². The number of aliphatic hydroxyl groups is 1. The van der Waals surface area contributed by atoms with Crippen LogP contribution in [0.2, 0.25) is 0 Å². The smallest absolute Gasteiger partial charge is 0.0704 e. The van der Waals surface area contributed by atoms with E-state index in [2.05, 4.69) is 31.2 Å². The number of rotatable bonds is 4. The van der Waals surface area contributed by atoms with E-state index in [1.807, 2.05) is 6.92 Å². The minimum absolute atomic E-state index is 0.218. The van der Waals surface area contributed by atoms with Crippen LogP contribution in [0.3, 0.4) is 0 Å². The van der Waals surface area contributed by atoms with Crippen molar-refractivity contribution in [3.63, 3.8) is 0 Å². The van der Waals surface area contributed by atoms with Gasteiger partial charge in [0.05, 0.1) is 6.10 Å². The van der Waals surface area contributed by atoms with Crippen molar-refractivity contribution >= 4 is 11.6 Å². The summed E-state index contributed by atoms with van der Waals surface area (Å²) in [6, 6.07) is 8.39. The zero-order chi connectivity index (χ0) is 10.6. The highest BCUT2D eigenvalue weighted by molar-refractivity contribution is 6.18. The van der Waals surface area contributed by atoms with Crippen LogP contribution in [-0.2, 0) is 6.42 Å². The van der Waals surface area contributed by atoms with Crippen molar-refractivity contribution < 1.29 is 5.11 Å². The van der Waals surface area contributed by atoms with Crippen molar-refractivity contribution in [2.45, 2.75) is 26.4 Å². The van der Waals surface area contributed by atoms with Gasteiger partial charge in [-0.15, -0.1) is 11.6 Å². The minimum atomic E-state index is -0.405. The minimum Gasteiger partial charge on any atom is -0.392 e. The van der Waals surface area contributed by atoms with Crippen molar-refractivity contribution in [1.82, 2.24) is 0 Å². The van der Waals surface area contributed by atoms with Gasteiger partial charge in [-0.25, -0.2) is 0 Å². The maximum atomic E-state index is 9.51. The number of aryl methyl sites for hydroxylation is 1. The Morgan fingerprint density at radius 1 is 1.29 bits per heavy atom. The predicted octanol–water partition coefficient (Wildman–Crippen LogP) is 2.77. The molecule has 1 aromatic carbocycles. The van der Waals surface area contributed by atoms with E-state index in [-0.39, 0.29) is 5.92 Å². The van der Waals surface area contributed by atoms with Crippen LogP contribution in [0.25, 0.3) is 0 Å². The number of benzene rings is 1. The van der Waals surface area contributed by atoms with Crippen molar-refractivity contribution in [3.05, 3.63) is 35.4 Å². The third-order valence-corrected chi connectivity index (χ3v) is 2.81. The Labute approximate surface area is 90.7 Å². The maximum absolute atomic E-state index is 9.51. The fraction of sp³-hybridized carbons (Fsp3) is 0.500. The normalized spacial score (nSPS) is 15.1. The first-order valence-corrected chi connectivity index (χ1v) is 5.46. The molecule has 78 valence electrons. The third-order valence-electron chi connectivity index (χ3n) is 2.49. The zero-order valence-corrected chi connectivity index (χ0v) is 9.46. The van der Waals surface area contributed by atoms with E-state index in [0.29, 0.717) is 5.88 Å². The first kappa shape index (κ1) is 11.5. The predicted molar refractivity (Wildman–Crippen MR) is 60.8 cm³/mol. The van der Waals surface area contributed by atoms with Gasteiger partial charge in [0.25, 0.3) is 0 Å². The van der Waals surface area contributed by atoms with Crippen molar-refractivity contribution in [1.29, 1.82) is 0 Å².